The zero-order valence-electron chi connectivity index (χ0n) is 20.6. The molecule has 36 heavy (non-hydrogen) atoms. The zero-order chi connectivity index (χ0) is 26.1. The van der Waals surface area contributed by atoms with Gasteiger partial charge in [-0.05, 0) is 62.8 Å². The number of carboxylic acid groups (broad SMARTS) is 1. The second kappa shape index (κ2) is 13.9. The molecule has 2 aliphatic rings. The first-order valence-corrected chi connectivity index (χ1v) is 13.0. The van der Waals surface area contributed by atoms with Gasteiger partial charge in [-0.1, -0.05) is 23.7 Å². The molecule has 5 unspecified atom stereocenters. The number of carbonyl (C=O) groups excluding carboxylic acids is 1. The Kier molecular flexibility index (Phi) is 11.0. The number of alkyl halides is 2. The summed E-state index contributed by atoms with van der Waals surface area (Å²) in [5.74, 6) is -0.104. The summed E-state index contributed by atoms with van der Waals surface area (Å²) in [4.78, 5) is 25.7. The molecule has 1 aromatic carbocycles. The summed E-state index contributed by atoms with van der Waals surface area (Å²) < 4.78 is 33.4. The summed E-state index contributed by atoms with van der Waals surface area (Å²) in [5.41, 5.74) is 0.876. The van der Waals surface area contributed by atoms with E-state index in [0.29, 0.717) is 31.1 Å². The highest BCUT2D eigenvalue weighted by atomic mass is 35.5. The standard InChI is InChI=1S/C25H37ClF2N4O4/c1-29-14-20(10-16-11-21(27)22(28)12-16)31-24(33)32-8-3-5-18(15-32)23(36-9-7-30-25(34)35)17-4-2-6-19(26)13-17/h2,4,6,13,16,18,20-23,29-30H,3,5,7-12,14-15H2,1H3,(H,31,33)(H,34,35). The molecule has 1 aromatic rings. The van der Waals surface area contributed by atoms with Gasteiger partial charge in [0, 0.05) is 43.2 Å². The first-order valence-electron chi connectivity index (χ1n) is 12.6. The number of nitrogens with one attached hydrogen (secondary N) is 3. The van der Waals surface area contributed by atoms with Crippen molar-refractivity contribution in [2.75, 3.05) is 39.8 Å². The Balaban J connectivity index is 1.63. The van der Waals surface area contributed by atoms with Crippen LogP contribution in [0, 0.1) is 11.8 Å². The molecule has 5 atom stereocenters. The number of hydrogen-bond donors (Lipinski definition) is 4. The van der Waals surface area contributed by atoms with Crippen LogP contribution in [0.1, 0.15) is 43.8 Å². The normalized spacial score (nSPS) is 25.8. The van der Waals surface area contributed by atoms with Crippen LogP contribution in [0.2, 0.25) is 5.02 Å². The topological polar surface area (TPSA) is 103 Å². The van der Waals surface area contributed by atoms with E-state index in [2.05, 4.69) is 16.0 Å². The van der Waals surface area contributed by atoms with E-state index in [1.165, 1.54) is 0 Å². The second-order valence-electron chi connectivity index (χ2n) is 9.74. The number of nitrogens with zero attached hydrogens (tertiary/aromatic N) is 1. The average Bonchev–Trinajstić information content (AvgIpc) is 3.15. The van der Waals surface area contributed by atoms with Crippen LogP contribution >= 0.6 is 11.6 Å². The smallest absolute Gasteiger partial charge is 0.404 e. The number of benzene rings is 1. The third-order valence-corrected chi connectivity index (χ3v) is 7.17. The van der Waals surface area contributed by atoms with Gasteiger partial charge in [-0.3, -0.25) is 0 Å². The van der Waals surface area contributed by atoms with Crippen LogP contribution in [0.5, 0.6) is 0 Å². The van der Waals surface area contributed by atoms with E-state index in [9.17, 15) is 18.4 Å². The molecule has 11 heteroatoms. The predicted octanol–water partition coefficient (Wildman–Crippen LogP) is 4.15. The number of rotatable bonds is 11. The van der Waals surface area contributed by atoms with E-state index in [4.69, 9.17) is 21.4 Å². The van der Waals surface area contributed by atoms with Gasteiger partial charge in [0.25, 0.3) is 0 Å². The Morgan fingerprint density at radius 2 is 2.03 bits per heavy atom. The molecule has 0 aromatic heterocycles. The summed E-state index contributed by atoms with van der Waals surface area (Å²) in [6.07, 6.45) is -1.77. The van der Waals surface area contributed by atoms with Crippen molar-refractivity contribution >= 4 is 23.7 Å². The van der Waals surface area contributed by atoms with Gasteiger partial charge in [0.05, 0.1) is 12.7 Å². The molecule has 1 saturated heterocycles. The van der Waals surface area contributed by atoms with Gasteiger partial charge in [0.1, 0.15) is 12.3 Å². The molecule has 1 aliphatic carbocycles. The van der Waals surface area contributed by atoms with Gasteiger partial charge < -0.3 is 30.7 Å². The van der Waals surface area contributed by atoms with Crippen LogP contribution in [-0.2, 0) is 4.74 Å². The van der Waals surface area contributed by atoms with E-state index in [-0.39, 0.29) is 56.0 Å². The lowest BCUT2D eigenvalue weighted by atomic mass is 9.88. The van der Waals surface area contributed by atoms with Gasteiger partial charge in [0.15, 0.2) is 0 Å². The lowest BCUT2D eigenvalue weighted by Gasteiger charge is -2.38. The maximum Gasteiger partial charge on any atom is 0.404 e. The van der Waals surface area contributed by atoms with Gasteiger partial charge in [-0.15, -0.1) is 0 Å². The van der Waals surface area contributed by atoms with Crippen molar-refractivity contribution in [2.24, 2.45) is 11.8 Å². The number of piperidine rings is 1. The molecule has 4 N–H and O–H groups in total. The van der Waals surface area contributed by atoms with Crippen molar-refractivity contribution in [1.29, 1.82) is 0 Å². The monoisotopic (exact) mass is 530 g/mol. The minimum atomic E-state index is -1.42. The Labute approximate surface area is 216 Å². The van der Waals surface area contributed by atoms with E-state index in [1.54, 1.807) is 18.0 Å². The fourth-order valence-corrected chi connectivity index (χ4v) is 5.50. The Hall–Kier alpha value is -2.17. The lowest BCUT2D eigenvalue weighted by molar-refractivity contribution is -0.00850. The first-order chi connectivity index (χ1) is 17.3. The van der Waals surface area contributed by atoms with Crippen molar-refractivity contribution in [1.82, 2.24) is 20.9 Å². The van der Waals surface area contributed by atoms with Gasteiger partial charge in [-0.25, -0.2) is 18.4 Å². The van der Waals surface area contributed by atoms with E-state index in [1.807, 2.05) is 18.2 Å². The average molecular weight is 531 g/mol. The summed E-state index contributed by atoms with van der Waals surface area (Å²) in [6, 6.07) is 6.93. The van der Waals surface area contributed by atoms with Crippen molar-refractivity contribution in [2.45, 2.75) is 56.6 Å². The number of urea groups is 1. The van der Waals surface area contributed by atoms with Crippen molar-refractivity contribution in [3.63, 3.8) is 0 Å². The molecule has 1 saturated carbocycles. The summed E-state index contributed by atoms with van der Waals surface area (Å²) >= 11 is 6.21. The van der Waals surface area contributed by atoms with Crippen LogP contribution in [0.4, 0.5) is 18.4 Å². The Bertz CT molecular complexity index is 857. The van der Waals surface area contributed by atoms with Gasteiger partial charge in [-0.2, -0.15) is 0 Å². The minimum absolute atomic E-state index is 0.00929. The van der Waals surface area contributed by atoms with Crippen LogP contribution in [0.25, 0.3) is 0 Å². The molecule has 3 amide bonds. The zero-order valence-corrected chi connectivity index (χ0v) is 21.4. The fourth-order valence-electron chi connectivity index (χ4n) is 5.30. The van der Waals surface area contributed by atoms with Gasteiger partial charge in [0.2, 0.25) is 0 Å². The van der Waals surface area contributed by atoms with Crippen molar-refractivity contribution in [3.8, 4) is 0 Å². The summed E-state index contributed by atoms with van der Waals surface area (Å²) in [7, 11) is 1.78. The maximum absolute atomic E-state index is 13.7. The Morgan fingerprint density at radius 1 is 1.28 bits per heavy atom. The quantitative estimate of drug-likeness (QED) is 0.322. The molecule has 202 valence electrons. The Morgan fingerprint density at radius 3 is 2.69 bits per heavy atom. The third kappa shape index (κ3) is 8.45. The van der Waals surface area contributed by atoms with E-state index < -0.39 is 18.4 Å². The molecule has 1 heterocycles. The lowest BCUT2D eigenvalue weighted by Crippen LogP contribution is -2.51. The molecular weight excluding hydrogens is 494 g/mol. The number of likely N-dealkylation sites (N-methyl/N-ethyl adjacent to an activating group) is 1. The highest BCUT2D eigenvalue weighted by Crippen LogP contribution is 2.35. The van der Waals surface area contributed by atoms with E-state index >= 15 is 0 Å². The fraction of sp³-hybridized carbons (Fsp3) is 0.680. The number of ether oxygens (including phenoxy) is 1. The predicted molar refractivity (Wildman–Crippen MR) is 134 cm³/mol. The van der Waals surface area contributed by atoms with Crippen molar-refractivity contribution in [3.05, 3.63) is 34.9 Å². The van der Waals surface area contributed by atoms with Crippen molar-refractivity contribution < 1.29 is 28.2 Å². The molecule has 1 aliphatic heterocycles. The highest BCUT2D eigenvalue weighted by Gasteiger charge is 2.36. The maximum atomic E-state index is 13.7. The number of amides is 3. The molecular formula is C25H37ClF2N4O4. The molecule has 3 rings (SSSR count). The summed E-state index contributed by atoms with van der Waals surface area (Å²) in [5, 5.41) is 17.8. The number of carbonyl (C=O) groups is 2. The van der Waals surface area contributed by atoms with Crippen LogP contribution in [-0.4, -0.2) is 80.3 Å². The highest BCUT2D eigenvalue weighted by molar-refractivity contribution is 6.30. The molecule has 0 bridgehead atoms. The molecule has 2 fully saturated rings. The first kappa shape index (κ1) is 28.4. The van der Waals surface area contributed by atoms with E-state index in [0.717, 1.165) is 18.4 Å². The largest absolute Gasteiger partial charge is 0.465 e. The molecule has 0 radical (unpaired) electrons. The SMILES string of the molecule is CNCC(CC1CC(F)C(F)C1)NC(=O)N1CCCC(C(OCCNC(=O)O)c2cccc(Cl)c2)C1. The third-order valence-electron chi connectivity index (χ3n) is 6.93. The number of likely N-dealkylation sites (tertiary alicyclic amines) is 1. The summed E-state index contributed by atoms with van der Waals surface area (Å²) in [6.45, 7) is 1.90. The molecule has 0 spiro atoms. The number of hydrogen-bond acceptors (Lipinski definition) is 4. The minimum Gasteiger partial charge on any atom is -0.465 e. The van der Waals surface area contributed by atoms with Crippen LogP contribution < -0.4 is 16.0 Å². The van der Waals surface area contributed by atoms with Crippen LogP contribution in [0.15, 0.2) is 24.3 Å². The second-order valence-corrected chi connectivity index (χ2v) is 10.2. The molecule has 8 nitrogen and oxygen atoms in total. The van der Waals surface area contributed by atoms with Crippen LogP contribution in [0.3, 0.4) is 0 Å². The van der Waals surface area contributed by atoms with Gasteiger partial charge >= 0.3 is 12.1 Å². The number of halogens is 3.